The van der Waals surface area contributed by atoms with Gasteiger partial charge in [-0.1, -0.05) is 43.7 Å². The number of aliphatic hydroxyl groups is 1. The van der Waals surface area contributed by atoms with Crippen molar-refractivity contribution in [3.8, 4) is 0 Å². The van der Waals surface area contributed by atoms with Crippen molar-refractivity contribution in [2.45, 2.75) is 26.4 Å². The Bertz CT molecular complexity index is 246. The Morgan fingerprint density at radius 3 is 2.60 bits per heavy atom. The zero-order valence-electron chi connectivity index (χ0n) is 9.36. The Labute approximate surface area is 91.9 Å². The summed E-state index contributed by atoms with van der Waals surface area (Å²) in [6.45, 7) is 3.64. The Kier molecular flexibility index (Phi) is 6.05. The first kappa shape index (κ1) is 12.2. The number of hydrogen-bond acceptors (Lipinski definition) is 2. The number of benzene rings is 1. The minimum atomic E-state index is 0.225. The molecule has 0 aromatic heterocycles. The van der Waals surface area contributed by atoms with E-state index in [-0.39, 0.29) is 6.61 Å². The standard InChI is InChI=1S/C13H20O2/c1-2-6-13(9-14)11-15-10-12-7-4-3-5-8-12/h3-5,7-8,13-14H,2,6,9-11H2,1H3. The molecule has 84 valence electrons. The summed E-state index contributed by atoms with van der Waals surface area (Å²) in [5.41, 5.74) is 1.19. The van der Waals surface area contributed by atoms with Crippen LogP contribution in [-0.4, -0.2) is 18.3 Å². The predicted molar refractivity (Wildman–Crippen MR) is 61.6 cm³/mol. The Morgan fingerprint density at radius 1 is 1.27 bits per heavy atom. The van der Waals surface area contributed by atoms with Gasteiger partial charge >= 0.3 is 0 Å². The first-order valence-electron chi connectivity index (χ1n) is 5.59. The predicted octanol–water partition coefficient (Wildman–Crippen LogP) is 2.61. The molecule has 15 heavy (non-hydrogen) atoms. The fraction of sp³-hybridized carbons (Fsp3) is 0.538. The maximum atomic E-state index is 9.07. The molecule has 0 bridgehead atoms. The van der Waals surface area contributed by atoms with Gasteiger partial charge in [-0.3, -0.25) is 0 Å². The molecule has 1 aromatic carbocycles. The van der Waals surface area contributed by atoms with Gasteiger partial charge in [-0.25, -0.2) is 0 Å². The summed E-state index contributed by atoms with van der Waals surface area (Å²) in [6.07, 6.45) is 2.13. The van der Waals surface area contributed by atoms with Crippen LogP contribution >= 0.6 is 0 Å². The number of ether oxygens (including phenoxy) is 1. The fourth-order valence-corrected chi connectivity index (χ4v) is 1.55. The van der Waals surface area contributed by atoms with Gasteiger partial charge in [0.25, 0.3) is 0 Å². The van der Waals surface area contributed by atoms with Crippen LogP contribution in [0.5, 0.6) is 0 Å². The van der Waals surface area contributed by atoms with E-state index in [2.05, 4.69) is 6.92 Å². The fourth-order valence-electron chi connectivity index (χ4n) is 1.55. The van der Waals surface area contributed by atoms with Crippen molar-refractivity contribution < 1.29 is 9.84 Å². The van der Waals surface area contributed by atoms with Crippen LogP contribution in [0.1, 0.15) is 25.3 Å². The number of rotatable bonds is 7. The smallest absolute Gasteiger partial charge is 0.0717 e. The van der Waals surface area contributed by atoms with Gasteiger partial charge in [0.1, 0.15) is 0 Å². The molecule has 0 aliphatic carbocycles. The van der Waals surface area contributed by atoms with E-state index in [1.165, 1.54) is 5.56 Å². The third-order valence-electron chi connectivity index (χ3n) is 2.42. The van der Waals surface area contributed by atoms with Gasteiger partial charge in [-0.2, -0.15) is 0 Å². The summed E-state index contributed by atoms with van der Waals surface area (Å²) in [5, 5.41) is 9.07. The molecule has 0 saturated carbocycles. The highest BCUT2D eigenvalue weighted by atomic mass is 16.5. The van der Waals surface area contributed by atoms with E-state index in [1.807, 2.05) is 30.3 Å². The molecule has 1 aromatic rings. The van der Waals surface area contributed by atoms with Gasteiger partial charge in [0.05, 0.1) is 13.2 Å². The molecule has 0 aliphatic heterocycles. The average Bonchev–Trinajstić information content (AvgIpc) is 2.29. The minimum absolute atomic E-state index is 0.225. The van der Waals surface area contributed by atoms with Gasteiger partial charge in [-0.15, -0.1) is 0 Å². The zero-order chi connectivity index (χ0) is 10.9. The van der Waals surface area contributed by atoms with E-state index in [0.717, 1.165) is 12.8 Å². The molecular weight excluding hydrogens is 188 g/mol. The van der Waals surface area contributed by atoms with Crippen molar-refractivity contribution in [2.75, 3.05) is 13.2 Å². The van der Waals surface area contributed by atoms with Crippen LogP contribution in [-0.2, 0) is 11.3 Å². The lowest BCUT2D eigenvalue weighted by atomic mass is 10.1. The molecule has 2 heteroatoms. The third-order valence-corrected chi connectivity index (χ3v) is 2.42. The topological polar surface area (TPSA) is 29.5 Å². The molecule has 0 heterocycles. The van der Waals surface area contributed by atoms with Crippen molar-refractivity contribution in [3.63, 3.8) is 0 Å². The molecule has 1 unspecified atom stereocenters. The van der Waals surface area contributed by atoms with E-state index in [1.54, 1.807) is 0 Å². The van der Waals surface area contributed by atoms with Crippen LogP contribution in [0.3, 0.4) is 0 Å². The monoisotopic (exact) mass is 208 g/mol. The third kappa shape index (κ3) is 4.96. The van der Waals surface area contributed by atoms with Crippen LogP contribution < -0.4 is 0 Å². The second kappa shape index (κ2) is 7.43. The average molecular weight is 208 g/mol. The van der Waals surface area contributed by atoms with E-state index in [4.69, 9.17) is 9.84 Å². The highest BCUT2D eigenvalue weighted by molar-refractivity contribution is 5.13. The largest absolute Gasteiger partial charge is 0.396 e. The molecule has 0 fully saturated rings. The maximum absolute atomic E-state index is 9.07. The Balaban J connectivity index is 2.20. The lowest BCUT2D eigenvalue weighted by Gasteiger charge is -2.13. The van der Waals surface area contributed by atoms with Crippen molar-refractivity contribution >= 4 is 0 Å². The van der Waals surface area contributed by atoms with Gasteiger partial charge in [0, 0.05) is 12.5 Å². The molecule has 1 rings (SSSR count). The number of aliphatic hydroxyl groups excluding tert-OH is 1. The van der Waals surface area contributed by atoms with Crippen LogP contribution in [0.4, 0.5) is 0 Å². The molecule has 0 saturated heterocycles. The maximum Gasteiger partial charge on any atom is 0.0717 e. The molecule has 2 nitrogen and oxygen atoms in total. The molecule has 0 amide bonds. The minimum Gasteiger partial charge on any atom is -0.396 e. The summed E-state index contributed by atoms with van der Waals surface area (Å²) in [7, 11) is 0. The summed E-state index contributed by atoms with van der Waals surface area (Å²) < 4.78 is 5.57. The van der Waals surface area contributed by atoms with E-state index >= 15 is 0 Å². The molecule has 0 aliphatic rings. The highest BCUT2D eigenvalue weighted by Crippen LogP contribution is 2.08. The summed E-state index contributed by atoms with van der Waals surface area (Å²) >= 11 is 0. The van der Waals surface area contributed by atoms with Crippen molar-refractivity contribution in [1.29, 1.82) is 0 Å². The molecule has 0 spiro atoms. The number of hydrogen-bond donors (Lipinski definition) is 1. The van der Waals surface area contributed by atoms with Crippen LogP contribution in [0.15, 0.2) is 30.3 Å². The van der Waals surface area contributed by atoms with Gasteiger partial charge in [-0.05, 0) is 12.0 Å². The van der Waals surface area contributed by atoms with E-state index in [0.29, 0.717) is 19.1 Å². The van der Waals surface area contributed by atoms with Crippen LogP contribution in [0.25, 0.3) is 0 Å². The molecular formula is C13H20O2. The molecule has 1 atom stereocenters. The lowest BCUT2D eigenvalue weighted by Crippen LogP contribution is -2.13. The summed E-state index contributed by atoms with van der Waals surface area (Å²) in [5.74, 6) is 0.290. The van der Waals surface area contributed by atoms with E-state index < -0.39 is 0 Å². The van der Waals surface area contributed by atoms with Crippen molar-refractivity contribution in [2.24, 2.45) is 5.92 Å². The summed E-state index contributed by atoms with van der Waals surface area (Å²) in [6, 6.07) is 10.1. The lowest BCUT2D eigenvalue weighted by molar-refractivity contribution is 0.0593. The zero-order valence-corrected chi connectivity index (χ0v) is 9.36. The van der Waals surface area contributed by atoms with Crippen LogP contribution in [0, 0.1) is 5.92 Å². The van der Waals surface area contributed by atoms with Gasteiger partial charge < -0.3 is 9.84 Å². The normalized spacial score (nSPS) is 12.7. The van der Waals surface area contributed by atoms with E-state index in [9.17, 15) is 0 Å². The second-order valence-corrected chi connectivity index (χ2v) is 3.84. The quantitative estimate of drug-likeness (QED) is 0.746. The van der Waals surface area contributed by atoms with Crippen molar-refractivity contribution in [3.05, 3.63) is 35.9 Å². The first-order valence-corrected chi connectivity index (χ1v) is 5.59. The first-order chi connectivity index (χ1) is 7.36. The van der Waals surface area contributed by atoms with Gasteiger partial charge in [0.2, 0.25) is 0 Å². The Morgan fingerprint density at radius 2 is 2.00 bits per heavy atom. The molecule has 1 N–H and O–H groups in total. The second-order valence-electron chi connectivity index (χ2n) is 3.84. The summed E-state index contributed by atoms with van der Waals surface area (Å²) in [4.78, 5) is 0. The SMILES string of the molecule is CCCC(CO)COCc1ccccc1. The van der Waals surface area contributed by atoms with Crippen molar-refractivity contribution in [1.82, 2.24) is 0 Å². The highest BCUT2D eigenvalue weighted by Gasteiger charge is 2.05. The Hall–Kier alpha value is -0.860. The van der Waals surface area contributed by atoms with Gasteiger partial charge in [0.15, 0.2) is 0 Å². The molecule has 0 radical (unpaired) electrons. The van der Waals surface area contributed by atoms with Crippen LogP contribution in [0.2, 0.25) is 0 Å².